The van der Waals surface area contributed by atoms with Crippen molar-refractivity contribution in [2.24, 2.45) is 5.92 Å². The number of hydrogen-bond acceptors (Lipinski definition) is 2. The van der Waals surface area contributed by atoms with E-state index in [-0.39, 0.29) is 5.02 Å². The molecule has 18 heavy (non-hydrogen) atoms. The van der Waals surface area contributed by atoms with Crippen molar-refractivity contribution in [1.29, 1.82) is 0 Å². The molecule has 0 saturated heterocycles. The molecule has 1 aliphatic rings. The Balaban J connectivity index is 2.16. The van der Waals surface area contributed by atoms with E-state index in [1.165, 1.54) is 6.07 Å². The minimum Gasteiger partial charge on any atom is -0.382 e. The van der Waals surface area contributed by atoms with Gasteiger partial charge in [-0.25, -0.2) is 4.39 Å². The van der Waals surface area contributed by atoms with Crippen molar-refractivity contribution < 1.29 is 4.39 Å². The fraction of sp³-hybridized carbons (Fsp3) is 0.308. The van der Waals surface area contributed by atoms with E-state index in [4.69, 9.17) is 17.3 Å². The molecule has 2 atom stereocenters. The molecule has 0 aliphatic heterocycles. The summed E-state index contributed by atoms with van der Waals surface area (Å²) in [6.45, 7) is 2.15. The van der Waals surface area contributed by atoms with Crippen molar-refractivity contribution in [2.45, 2.75) is 19.3 Å². The van der Waals surface area contributed by atoms with E-state index in [9.17, 15) is 4.39 Å². The number of aromatic nitrogens is 2. The zero-order chi connectivity index (χ0) is 12.9. The van der Waals surface area contributed by atoms with Crippen LogP contribution in [0, 0.1) is 11.7 Å². The van der Waals surface area contributed by atoms with Gasteiger partial charge in [-0.1, -0.05) is 30.7 Å². The summed E-state index contributed by atoms with van der Waals surface area (Å²) in [5, 5.41) is 7.03. The molecule has 1 heterocycles. The van der Waals surface area contributed by atoms with E-state index < -0.39 is 5.82 Å². The predicted octanol–water partition coefficient (Wildman–Crippen LogP) is 3.57. The van der Waals surface area contributed by atoms with Gasteiger partial charge in [0.05, 0.1) is 5.02 Å². The maximum atomic E-state index is 14.1. The van der Waals surface area contributed by atoms with Gasteiger partial charge < -0.3 is 5.73 Å². The van der Waals surface area contributed by atoms with Crippen LogP contribution in [0.1, 0.15) is 25.0 Å². The van der Waals surface area contributed by atoms with Crippen molar-refractivity contribution >= 4 is 17.4 Å². The van der Waals surface area contributed by atoms with E-state index in [0.29, 0.717) is 28.8 Å². The number of nitrogens with zero attached hydrogens (tertiary/aromatic N) is 1. The number of benzene rings is 1. The van der Waals surface area contributed by atoms with Crippen molar-refractivity contribution in [1.82, 2.24) is 10.2 Å². The molecule has 1 aromatic carbocycles. The molecule has 0 radical (unpaired) electrons. The van der Waals surface area contributed by atoms with Crippen LogP contribution in [0.15, 0.2) is 18.2 Å². The van der Waals surface area contributed by atoms with Gasteiger partial charge in [0.15, 0.2) is 5.82 Å². The summed E-state index contributed by atoms with van der Waals surface area (Å²) >= 11 is 5.81. The highest BCUT2D eigenvalue weighted by Crippen LogP contribution is 2.50. The third-order valence-corrected chi connectivity index (χ3v) is 3.82. The number of H-pyrrole nitrogens is 1. The molecule has 3 nitrogen and oxygen atoms in total. The number of anilines is 1. The van der Waals surface area contributed by atoms with Gasteiger partial charge in [0.1, 0.15) is 5.82 Å². The molecule has 3 N–H and O–H groups in total. The lowest BCUT2D eigenvalue weighted by Gasteiger charge is -2.06. The molecule has 0 amide bonds. The number of nitrogens with two attached hydrogens (primary N) is 1. The minimum absolute atomic E-state index is 0.0999. The highest BCUT2D eigenvalue weighted by atomic mass is 35.5. The second kappa shape index (κ2) is 3.99. The Morgan fingerprint density at radius 1 is 1.50 bits per heavy atom. The maximum absolute atomic E-state index is 14.1. The van der Waals surface area contributed by atoms with Crippen LogP contribution in [-0.2, 0) is 0 Å². The van der Waals surface area contributed by atoms with Crippen molar-refractivity contribution in [3.63, 3.8) is 0 Å². The van der Waals surface area contributed by atoms with Gasteiger partial charge in [0.25, 0.3) is 0 Å². The Bertz CT molecular complexity index is 608. The van der Waals surface area contributed by atoms with E-state index >= 15 is 0 Å². The number of rotatable bonds is 2. The van der Waals surface area contributed by atoms with Crippen LogP contribution in [0.4, 0.5) is 10.2 Å². The Labute approximate surface area is 109 Å². The van der Waals surface area contributed by atoms with Gasteiger partial charge >= 0.3 is 0 Å². The van der Waals surface area contributed by atoms with Crippen LogP contribution < -0.4 is 5.73 Å². The Morgan fingerprint density at radius 2 is 2.22 bits per heavy atom. The molecular weight excluding hydrogens is 253 g/mol. The summed E-state index contributed by atoms with van der Waals surface area (Å²) < 4.78 is 14.1. The summed E-state index contributed by atoms with van der Waals surface area (Å²) in [7, 11) is 0. The Morgan fingerprint density at radius 3 is 2.89 bits per heavy atom. The molecule has 2 unspecified atom stereocenters. The highest BCUT2D eigenvalue weighted by Gasteiger charge is 2.38. The van der Waals surface area contributed by atoms with Crippen molar-refractivity contribution in [3.8, 4) is 11.1 Å². The molecule has 2 aromatic rings. The summed E-state index contributed by atoms with van der Waals surface area (Å²) in [5.41, 5.74) is 7.85. The molecule has 1 saturated carbocycles. The summed E-state index contributed by atoms with van der Waals surface area (Å²) in [4.78, 5) is 0. The number of nitrogen functional groups attached to an aromatic ring is 1. The summed E-state index contributed by atoms with van der Waals surface area (Å²) in [6.07, 6.45) is 1.08. The Kier molecular flexibility index (Phi) is 2.55. The SMILES string of the molecule is CC1CC1c1[nH]nc(N)c1-c1cccc(Cl)c1F. The van der Waals surface area contributed by atoms with Crippen LogP contribution in [0.25, 0.3) is 11.1 Å². The molecular formula is C13H13ClFN3. The zero-order valence-electron chi connectivity index (χ0n) is 9.87. The molecule has 1 fully saturated rings. The van der Waals surface area contributed by atoms with Crippen LogP contribution in [0.3, 0.4) is 0 Å². The molecule has 0 spiro atoms. The van der Waals surface area contributed by atoms with Gasteiger partial charge in [-0.15, -0.1) is 0 Å². The predicted molar refractivity (Wildman–Crippen MR) is 69.9 cm³/mol. The first-order chi connectivity index (χ1) is 8.59. The topological polar surface area (TPSA) is 54.7 Å². The Hall–Kier alpha value is -1.55. The van der Waals surface area contributed by atoms with E-state index in [1.807, 2.05) is 0 Å². The summed E-state index contributed by atoms with van der Waals surface area (Å²) in [5.74, 6) is 0.862. The fourth-order valence-corrected chi connectivity index (χ4v) is 2.52. The van der Waals surface area contributed by atoms with Crippen LogP contribution >= 0.6 is 11.6 Å². The molecule has 0 bridgehead atoms. The first-order valence-electron chi connectivity index (χ1n) is 5.87. The fourth-order valence-electron chi connectivity index (χ4n) is 2.34. The smallest absolute Gasteiger partial charge is 0.153 e. The molecule has 5 heteroatoms. The van der Waals surface area contributed by atoms with E-state index in [1.54, 1.807) is 12.1 Å². The highest BCUT2D eigenvalue weighted by molar-refractivity contribution is 6.31. The number of hydrogen-bond donors (Lipinski definition) is 2. The normalized spacial score (nSPS) is 22.2. The average Bonchev–Trinajstić information content (AvgIpc) is 2.93. The summed E-state index contributed by atoms with van der Waals surface area (Å²) in [6, 6.07) is 4.92. The third-order valence-electron chi connectivity index (χ3n) is 3.52. The lowest BCUT2D eigenvalue weighted by Crippen LogP contribution is -1.93. The van der Waals surface area contributed by atoms with Gasteiger partial charge in [0.2, 0.25) is 0 Å². The van der Waals surface area contributed by atoms with E-state index in [2.05, 4.69) is 17.1 Å². The largest absolute Gasteiger partial charge is 0.382 e. The van der Waals surface area contributed by atoms with Crippen LogP contribution in [0.2, 0.25) is 5.02 Å². The second-order valence-electron chi connectivity index (χ2n) is 4.82. The van der Waals surface area contributed by atoms with Crippen molar-refractivity contribution in [2.75, 3.05) is 5.73 Å². The van der Waals surface area contributed by atoms with Gasteiger partial charge in [-0.2, -0.15) is 5.10 Å². The van der Waals surface area contributed by atoms with E-state index in [0.717, 1.165) is 12.1 Å². The minimum atomic E-state index is -0.443. The van der Waals surface area contributed by atoms with Crippen LogP contribution in [-0.4, -0.2) is 10.2 Å². The first-order valence-corrected chi connectivity index (χ1v) is 6.25. The lowest BCUT2D eigenvalue weighted by molar-refractivity contribution is 0.631. The second-order valence-corrected chi connectivity index (χ2v) is 5.23. The number of halogens is 2. The van der Waals surface area contributed by atoms with Crippen LogP contribution in [0.5, 0.6) is 0 Å². The standard InChI is InChI=1S/C13H13ClFN3/c1-6-5-8(6)12-10(13(16)18-17-12)7-3-2-4-9(14)11(7)15/h2-4,6,8H,5H2,1H3,(H3,16,17,18). The van der Waals surface area contributed by atoms with Gasteiger partial charge in [0, 0.05) is 22.7 Å². The molecule has 94 valence electrons. The lowest BCUT2D eigenvalue weighted by atomic mass is 10.0. The number of nitrogens with one attached hydrogen (secondary N) is 1. The molecule has 1 aromatic heterocycles. The van der Waals surface area contributed by atoms with Gasteiger partial charge in [-0.3, -0.25) is 5.10 Å². The first kappa shape index (κ1) is 11.5. The number of aromatic amines is 1. The molecule has 1 aliphatic carbocycles. The third kappa shape index (κ3) is 1.68. The average molecular weight is 266 g/mol. The monoisotopic (exact) mass is 265 g/mol. The maximum Gasteiger partial charge on any atom is 0.153 e. The zero-order valence-corrected chi connectivity index (χ0v) is 10.6. The van der Waals surface area contributed by atoms with Gasteiger partial charge in [-0.05, 0) is 18.4 Å². The quantitative estimate of drug-likeness (QED) is 0.872. The van der Waals surface area contributed by atoms with Crippen molar-refractivity contribution in [3.05, 3.63) is 34.7 Å². The molecule has 3 rings (SSSR count).